The molecule has 3 rings (SSSR count). The second kappa shape index (κ2) is 5.16. The molecule has 0 aromatic heterocycles. The van der Waals surface area contributed by atoms with Gasteiger partial charge in [-0.2, -0.15) is 0 Å². The van der Waals surface area contributed by atoms with E-state index in [0.717, 1.165) is 19.4 Å². The maximum absolute atomic E-state index is 9.26. The number of nitrogens with one attached hydrogen (secondary N) is 1. The molecule has 1 fully saturated rings. The van der Waals surface area contributed by atoms with Crippen LogP contribution in [0.15, 0.2) is 54.6 Å². The highest BCUT2D eigenvalue weighted by Crippen LogP contribution is 2.34. The van der Waals surface area contributed by atoms with Gasteiger partial charge in [0.15, 0.2) is 0 Å². The normalized spacial score (nSPS) is 16.3. The molecule has 0 amide bonds. The first-order chi connectivity index (χ1) is 9.31. The molecule has 0 heterocycles. The van der Waals surface area contributed by atoms with Crippen LogP contribution in [-0.2, 0) is 6.54 Å². The summed E-state index contributed by atoms with van der Waals surface area (Å²) in [5.74, 6) is 0. The van der Waals surface area contributed by atoms with E-state index in [1.165, 1.54) is 16.7 Å². The summed E-state index contributed by atoms with van der Waals surface area (Å²) in [6, 6.07) is 19.0. The molecular weight excluding hydrogens is 234 g/mol. The lowest BCUT2D eigenvalue weighted by molar-refractivity contribution is 0.229. The number of rotatable bonds is 5. The highest BCUT2D eigenvalue weighted by atomic mass is 16.3. The van der Waals surface area contributed by atoms with E-state index >= 15 is 0 Å². The zero-order valence-corrected chi connectivity index (χ0v) is 11.0. The minimum Gasteiger partial charge on any atom is -0.394 e. The zero-order chi connectivity index (χ0) is 13.1. The van der Waals surface area contributed by atoms with Crippen molar-refractivity contribution in [1.82, 2.24) is 5.32 Å². The van der Waals surface area contributed by atoms with E-state index in [-0.39, 0.29) is 12.1 Å². The van der Waals surface area contributed by atoms with Gasteiger partial charge in [0.1, 0.15) is 0 Å². The summed E-state index contributed by atoms with van der Waals surface area (Å²) in [6.07, 6.45) is 2.18. The fourth-order valence-corrected chi connectivity index (χ4v) is 2.28. The Bertz CT molecular complexity index is 529. The first-order valence-electron chi connectivity index (χ1n) is 6.82. The van der Waals surface area contributed by atoms with Crippen LogP contribution in [0.25, 0.3) is 11.1 Å². The summed E-state index contributed by atoms with van der Waals surface area (Å²) < 4.78 is 0. The predicted molar refractivity (Wildman–Crippen MR) is 77.8 cm³/mol. The number of benzene rings is 2. The maximum Gasteiger partial charge on any atom is 0.0613 e. The van der Waals surface area contributed by atoms with Crippen LogP contribution in [0.2, 0.25) is 0 Å². The number of hydrogen-bond acceptors (Lipinski definition) is 2. The summed E-state index contributed by atoms with van der Waals surface area (Å²) >= 11 is 0. The first kappa shape index (κ1) is 12.4. The van der Waals surface area contributed by atoms with E-state index in [2.05, 4.69) is 53.8 Å². The quantitative estimate of drug-likeness (QED) is 0.858. The molecule has 1 saturated carbocycles. The van der Waals surface area contributed by atoms with Crippen LogP contribution in [0.4, 0.5) is 0 Å². The van der Waals surface area contributed by atoms with Gasteiger partial charge in [0.2, 0.25) is 0 Å². The van der Waals surface area contributed by atoms with Gasteiger partial charge in [-0.05, 0) is 29.5 Å². The lowest BCUT2D eigenvalue weighted by atomic mass is 10.0. The molecule has 0 spiro atoms. The van der Waals surface area contributed by atoms with Crippen molar-refractivity contribution >= 4 is 0 Å². The zero-order valence-electron chi connectivity index (χ0n) is 11.0. The Labute approximate surface area is 114 Å². The highest BCUT2D eigenvalue weighted by molar-refractivity contribution is 5.63. The van der Waals surface area contributed by atoms with Gasteiger partial charge < -0.3 is 10.4 Å². The Morgan fingerprint density at radius 2 is 1.53 bits per heavy atom. The van der Waals surface area contributed by atoms with Gasteiger partial charge in [-0.25, -0.2) is 0 Å². The molecular formula is C17H19NO. The topological polar surface area (TPSA) is 32.3 Å². The molecule has 2 aromatic carbocycles. The average molecular weight is 253 g/mol. The second-order valence-electron chi connectivity index (χ2n) is 5.35. The fourth-order valence-electron chi connectivity index (χ4n) is 2.28. The lowest BCUT2D eigenvalue weighted by Crippen LogP contribution is -2.34. The van der Waals surface area contributed by atoms with Crippen molar-refractivity contribution in [3.05, 3.63) is 60.2 Å². The van der Waals surface area contributed by atoms with Crippen molar-refractivity contribution in [3.8, 4) is 11.1 Å². The van der Waals surface area contributed by atoms with E-state index in [0.29, 0.717) is 0 Å². The van der Waals surface area contributed by atoms with Crippen molar-refractivity contribution in [1.29, 1.82) is 0 Å². The van der Waals surface area contributed by atoms with Gasteiger partial charge in [0, 0.05) is 12.1 Å². The van der Waals surface area contributed by atoms with E-state index in [1.807, 2.05) is 6.07 Å². The minimum absolute atomic E-state index is 0.0120. The van der Waals surface area contributed by atoms with Gasteiger partial charge in [-0.15, -0.1) is 0 Å². The SMILES string of the molecule is OCC1(NCc2ccc(-c3ccccc3)cc2)CC1. The highest BCUT2D eigenvalue weighted by Gasteiger charge is 2.41. The van der Waals surface area contributed by atoms with Gasteiger partial charge in [0.05, 0.1) is 6.61 Å². The molecule has 0 saturated heterocycles. The monoisotopic (exact) mass is 253 g/mol. The van der Waals surface area contributed by atoms with Crippen LogP contribution in [0.1, 0.15) is 18.4 Å². The molecule has 0 radical (unpaired) electrons. The van der Waals surface area contributed by atoms with Crippen LogP contribution in [0, 0.1) is 0 Å². The largest absolute Gasteiger partial charge is 0.394 e. The van der Waals surface area contributed by atoms with Gasteiger partial charge in [-0.1, -0.05) is 54.6 Å². The van der Waals surface area contributed by atoms with Crippen LogP contribution < -0.4 is 5.32 Å². The Hall–Kier alpha value is -1.64. The third-order valence-corrected chi connectivity index (χ3v) is 3.88. The third-order valence-electron chi connectivity index (χ3n) is 3.88. The molecule has 2 heteroatoms. The fraction of sp³-hybridized carbons (Fsp3) is 0.294. The summed E-state index contributed by atoms with van der Waals surface area (Å²) in [5, 5.41) is 12.7. The molecule has 1 aliphatic carbocycles. The van der Waals surface area contributed by atoms with Crippen molar-refractivity contribution < 1.29 is 5.11 Å². The molecule has 0 unspecified atom stereocenters. The molecule has 0 aliphatic heterocycles. The summed E-state index contributed by atoms with van der Waals surface area (Å²) in [4.78, 5) is 0. The molecule has 2 nitrogen and oxygen atoms in total. The summed E-state index contributed by atoms with van der Waals surface area (Å²) in [6.45, 7) is 1.07. The number of hydrogen-bond donors (Lipinski definition) is 2. The van der Waals surface area contributed by atoms with Crippen molar-refractivity contribution in [2.75, 3.05) is 6.61 Å². The smallest absolute Gasteiger partial charge is 0.0613 e. The number of aliphatic hydroxyl groups is 1. The van der Waals surface area contributed by atoms with E-state index in [9.17, 15) is 5.11 Å². The van der Waals surface area contributed by atoms with Crippen LogP contribution in [-0.4, -0.2) is 17.3 Å². The van der Waals surface area contributed by atoms with E-state index in [4.69, 9.17) is 0 Å². The lowest BCUT2D eigenvalue weighted by Gasteiger charge is -2.14. The summed E-state index contributed by atoms with van der Waals surface area (Å²) in [7, 11) is 0. The van der Waals surface area contributed by atoms with Gasteiger partial charge in [-0.3, -0.25) is 0 Å². The van der Waals surface area contributed by atoms with Crippen LogP contribution in [0.3, 0.4) is 0 Å². The predicted octanol–water partition coefficient (Wildman–Crippen LogP) is 2.97. The molecule has 2 N–H and O–H groups in total. The molecule has 0 atom stereocenters. The molecule has 2 aromatic rings. The second-order valence-corrected chi connectivity index (χ2v) is 5.35. The summed E-state index contributed by atoms with van der Waals surface area (Å²) in [5.41, 5.74) is 3.76. The Morgan fingerprint density at radius 3 is 2.11 bits per heavy atom. The Balaban J connectivity index is 1.66. The van der Waals surface area contributed by atoms with Crippen molar-refractivity contribution in [2.24, 2.45) is 0 Å². The molecule has 1 aliphatic rings. The van der Waals surface area contributed by atoms with Crippen molar-refractivity contribution in [3.63, 3.8) is 0 Å². The van der Waals surface area contributed by atoms with Gasteiger partial charge in [0.25, 0.3) is 0 Å². The van der Waals surface area contributed by atoms with Gasteiger partial charge >= 0.3 is 0 Å². The maximum atomic E-state index is 9.26. The van der Waals surface area contributed by atoms with Crippen LogP contribution in [0.5, 0.6) is 0 Å². The average Bonchev–Trinajstić information content (AvgIpc) is 3.27. The molecule has 0 bridgehead atoms. The Kier molecular flexibility index (Phi) is 3.36. The molecule has 98 valence electrons. The molecule has 19 heavy (non-hydrogen) atoms. The Morgan fingerprint density at radius 1 is 0.895 bits per heavy atom. The van der Waals surface area contributed by atoms with Crippen molar-refractivity contribution in [2.45, 2.75) is 24.9 Å². The first-order valence-corrected chi connectivity index (χ1v) is 6.82. The van der Waals surface area contributed by atoms with E-state index in [1.54, 1.807) is 0 Å². The van der Waals surface area contributed by atoms with Crippen LogP contribution >= 0.6 is 0 Å². The standard InChI is InChI=1S/C17H19NO/c19-13-17(10-11-17)18-12-14-6-8-16(9-7-14)15-4-2-1-3-5-15/h1-9,18-19H,10-13H2. The third kappa shape index (κ3) is 2.86. The van der Waals surface area contributed by atoms with E-state index < -0.39 is 0 Å². The number of aliphatic hydroxyl groups excluding tert-OH is 1. The minimum atomic E-state index is 0.0120.